The SMILES string of the molecule is N#Cc1ccccc1OCC(=O)NC1C2CC3CC(C2)CC1C3. The van der Waals surface area contributed by atoms with E-state index in [-0.39, 0.29) is 12.5 Å². The van der Waals surface area contributed by atoms with Gasteiger partial charge in [-0.15, -0.1) is 0 Å². The van der Waals surface area contributed by atoms with Crippen LogP contribution in [0.15, 0.2) is 24.3 Å². The minimum atomic E-state index is -0.0600. The first-order valence-corrected chi connectivity index (χ1v) is 8.64. The second-order valence-corrected chi connectivity index (χ2v) is 7.42. The molecule has 5 rings (SSSR count). The van der Waals surface area contributed by atoms with Crippen LogP contribution in [-0.2, 0) is 4.79 Å². The second-order valence-electron chi connectivity index (χ2n) is 7.42. The first kappa shape index (κ1) is 14.6. The van der Waals surface area contributed by atoms with E-state index in [2.05, 4.69) is 11.4 Å². The molecule has 23 heavy (non-hydrogen) atoms. The van der Waals surface area contributed by atoms with E-state index in [9.17, 15) is 4.79 Å². The van der Waals surface area contributed by atoms with Crippen LogP contribution < -0.4 is 10.1 Å². The summed E-state index contributed by atoms with van der Waals surface area (Å²) in [4.78, 5) is 12.3. The Morgan fingerprint density at radius 1 is 1.13 bits per heavy atom. The number of nitrogens with one attached hydrogen (secondary N) is 1. The van der Waals surface area contributed by atoms with Crippen LogP contribution in [0.5, 0.6) is 5.75 Å². The van der Waals surface area contributed by atoms with Gasteiger partial charge in [0, 0.05) is 6.04 Å². The monoisotopic (exact) mass is 310 g/mol. The van der Waals surface area contributed by atoms with Crippen LogP contribution in [-0.4, -0.2) is 18.6 Å². The first-order valence-electron chi connectivity index (χ1n) is 8.64. The maximum atomic E-state index is 12.3. The highest BCUT2D eigenvalue weighted by Gasteiger charge is 2.48. The average Bonchev–Trinajstić information content (AvgIpc) is 2.56. The number of nitriles is 1. The molecule has 1 amide bonds. The van der Waals surface area contributed by atoms with E-state index in [0.717, 1.165) is 11.8 Å². The highest BCUT2D eigenvalue weighted by molar-refractivity contribution is 5.78. The van der Waals surface area contributed by atoms with Crippen LogP contribution in [0.2, 0.25) is 0 Å². The maximum absolute atomic E-state index is 12.3. The van der Waals surface area contributed by atoms with Gasteiger partial charge in [-0.2, -0.15) is 5.26 Å². The topological polar surface area (TPSA) is 62.1 Å². The van der Waals surface area contributed by atoms with Gasteiger partial charge in [-0.05, 0) is 67.9 Å². The van der Waals surface area contributed by atoms with Crippen molar-refractivity contribution in [2.24, 2.45) is 23.7 Å². The lowest BCUT2D eigenvalue weighted by atomic mass is 9.54. The number of rotatable bonds is 4. The van der Waals surface area contributed by atoms with Crippen molar-refractivity contribution in [1.82, 2.24) is 5.32 Å². The van der Waals surface area contributed by atoms with E-state index in [0.29, 0.717) is 29.2 Å². The smallest absolute Gasteiger partial charge is 0.258 e. The predicted molar refractivity (Wildman–Crippen MR) is 85.6 cm³/mol. The molecule has 4 fully saturated rings. The number of carbonyl (C=O) groups is 1. The highest BCUT2D eigenvalue weighted by Crippen LogP contribution is 2.53. The van der Waals surface area contributed by atoms with E-state index in [4.69, 9.17) is 10.00 Å². The van der Waals surface area contributed by atoms with E-state index in [1.54, 1.807) is 18.2 Å². The lowest BCUT2D eigenvalue weighted by Crippen LogP contribution is -2.56. The highest BCUT2D eigenvalue weighted by atomic mass is 16.5. The molecule has 0 radical (unpaired) electrons. The van der Waals surface area contributed by atoms with Gasteiger partial charge in [0.05, 0.1) is 5.56 Å². The van der Waals surface area contributed by atoms with Crippen LogP contribution in [0.1, 0.15) is 37.7 Å². The molecule has 0 aliphatic heterocycles. The summed E-state index contributed by atoms with van der Waals surface area (Å²) in [5.74, 6) is 3.57. The van der Waals surface area contributed by atoms with Crippen molar-refractivity contribution in [1.29, 1.82) is 5.26 Å². The van der Waals surface area contributed by atoms with Crippen molar-refractivity contribution in [3.63, 3.8) is 0 Å². The maximum Gasteiger partial charge on any atom is 0.258 e. The Morgan fingerprint density at radius 2 is 1.78 bits per heavy atom. The predicted octanol–water partition coefficient (Wildman–Crippen LogP) is 2.88. The van der Waals surface area contributed by atoms with E-state index in [1.165, 1.54) is 32.1 Å². The van der Waals surface area contributed by atoms with Crippen LogP contribution in [0.3, 0.4) is 0 Å². The molecule has 0 heterocycles. The molecular formula is C19H22N2O2. The number of nitrogens with zero attached hydrogens (tertiary/aromatic N) is 1. The largest absolute Gasteiger partial charge is 0.482 e. The molecule has 4 nitrogen and oxygen atoms in total. The van der Waals surface area contributed by atoms with Gasteiger partial charge < -0.3 is 10.1 Å². The van der Waals surface area contributed by atoms with E-state index in [1.807, 2.05) is 6.07 Å². The fourth-order valence-electron chi connectivity index (χ4n) is 5.22. The van der Waals surface area contributed by atoms with Crippen LogP contribution in [0, 0.1) is 35.0 Å². The lowest BCUT2D eigenvalue weighted by Gasteiger charge is -2.54. The number of para-hydroxylation sites is 1. The van der Waals surface area contributed by atoms with Gasteiger partial charge in [0.15, 0.2) is 6.61 Å². The second kappa shape index (κ2) is 5.88. The third-order valence-corrected chi connectivity index (χ3v) is 5.92. The van der Waals surface area contributed by atoms with Crippen molar-refractivity contribution in [2.45, 2.75) is 38.1 Å². The number of hydrogen-bond donors (Lipinski definition) is 1. The Hall–Kier alpha value is -2.02. The normalized spacial score (nSPS) is 34.0. The molecule has 1 aromatic rings. The van der Waals surface area contributed by atoms with Crippen LogP contribution >= 0.6 is 0 Å². The summed E-state index contributed by atoms with van der Waals surface area (Å²) >= 11 is 0. The fourth-order valence-corrected chi connectivity index (χ4v) is 5.22. The molecule has 4 aliphatic carbocycles. The Morgan fingerprint density at radius 3 is 2.43 bits per heavy atom. The molecule has 4 aliphatic rings. The molecule has 4 heteroatoms. The standard InChI is InChI=1S/C19H22N2O2/c20-10-14-3-1-2-4-17(14)23-11-18(22)21-19-15-6-12-5-13(8-15)9-16(19)7-12/h1-4,12-13,15-16,19H,5-9,11H2,(H,21,22). The molecular weight excluding hydrogens is 288 g/mol. The van der Waals surface area contributed by atoms with Gasteiger partial charge in [0.2, 0.25) is 0 Å². The minimum Gasteiger partial charge on any atom is -0.482 e. The van der Waals surface area contributed by atoms with Crippen LogP contribution in [0.25, 0.3) is 0 Å². The summed E-state index contributed by atoms with van der Waals surface area (Å²) in [5, 5.41) is 12.3. The molecule has 0 atom stereocenters. The summed E-state index contributed by atoms with van der Waals surface area (Å²) in [5.41, 5.74) is 0.468. The summed E-state index contributed by atoms with van der Waals surface area (Å²) in [6.45, 7) is -0.0124. The third kappa shape index (κ3) is 2.81. The lowest BCUT2D eigenvalue weighted by molar-refractivity contribution is -0.127. The summed E-state index contributed by atoms with van der Waals surface area (Å²) < 4.78 is 5.55. The van der Waals surface area contributed by atoms with Gasteiger partial charge in [-0.25, -0.2) is 0 Å². The van der Waals surface area contributed by atoms with Crippen molar-refractivity contribution in [3.05, 3.63) is 29.8 Å². The van der Waals surface area contributed by atoms with Crippen molar-refractivity contribution < 1.29 is 9.53 Å². The summed E-state index contributed by atoms with van der Waals surface area (Å²) in [7, 11) is 0. The van der Waals surface area contributed by atoms with Crippen LogP contribution in [0.4, 0.5) is 0 Å². The average molecular weight is 310 g/mol. The number of hydrogen-bond acceptors (Lipinski definition) is 3. The molecule has 0 spiro atoms. The molecule has 0 aromatic heterocycles. The van der Waals surface area contributed by atoms with Crippen molar-refractivity contribution >= 4 is 5.91 Å². The summed E-state index contributed by atoms with van der Waals surface area (Å²) in [6, 6.07) is 9.46. The number of benzene rings is 1. The molecule has 1 N–H and O–H groups in total. The zero-order valence-electron chi connectivity index (χ0n) is 13.2. The number of amides is 1. The zero-order valence-corrected chi connectivity index (χ0v) is 13.2. The molecule has 1 aromatic carbocycles. The molecule has 120 valence electrons. The van der Waals surface area contributed by atoms with E-state index < -0.39 is 0 Å². The Balaban J connectivity index is 1.35. The summed E-state index contributed by atoms with van der Waals surface area (Å²) in [6.07, 6.45) is 6.57. The quantitative estimate of drug-likeness (QED) is 0.930. The zero-order chi connectivity index (χ0) is 15.8. The number of carbonyl (C=O) groups excluding carboxylic acids is 1. The number of ether oxygens (including phenoxy) is 1. The first-order chi connectivity index (χ1) is 11.2. The minimum absolute atomic E-state index is 0.0124. The Kier molecular flexibility index (Phi) is 3.72. The molecule has 0 saturated heterocycles. The fraction of sp³-hybridized carbons (Fsp3) is 0.579. The molecule has 0 unspecified atom stereocenters. The van der Waals surface area contributed by atoms with Gasteiger partial charge in [-0.3, -0.25) is 4.79 Å². The van der Waals surface area contributed by atoms with Crippen molar-refractivity contribution in [3.8, 4) is 11.8 Å². The van der Waals surface area contributed by atoms with Gasteiger partial charge in [0.1, 0.15) is 11.8 Å². The van der Waals surface area contributed by atoms with Gasteiger partial charge >= 0.3 is 0 Å². The van der Waals surface area contributed by atoms with Crippen molar-refractivity contribution in [2.75, 3.05) is 6.61 Å². The van der Waals surface area contributed by atoms with Gasteiger partial charge in [0.25, 0.3) is 5.91 Å². The Bertz CT molecular complexity index is 621. The Labute approximate surface area is 136 Å². The molecule has 4 saturated carbocycles. The van der Waals surface area contributed by atoms with E-state index >= 15 is 0 Å². The third-order valence-electron chi connectivity index (χ3n) is 5.92. The van der Waals surface area contributed by atoms with Gasteiger partial charge in [-0.1, -0.05) is 12.1 Å². The molecule has 4 bridgehead atoms.